The molecule has 0 N–H and O–H groups in total. The van der Waals surface area contributed by atoms with Crippen LogP contribution in [0.15, 0.2) is 18.0 Å². The van der Waals surface area contributed by atoms with Crippen molar-refractivity contribution in [2.75, 3.05) is 24.6 Å². The number of fused-ring (bicyclic) bond motifs is 1. The molecule has 0 radical (unpaired) electrons. The number of esters is 1. The highest BCUT2D eigenvalue weighted by Crippen LogP contribution is 2.46. The molecule has 0 spiro atoms. The highest BCUT2D eigenvalue weighted by Gasteiger charge is 2.34. The number of hydrogen-bond acceptors (Lipinski definition) is 3. The Hall–Kier alpha value is -1.84. The van der Waals surface area contributed by atoms with E-state index in [-0.39, 0.29) is 12.0 Å². The molecule has 0 bridgehead atoms. The summed E-state index contributed by atoms with van der Waals surface area (Å²) in [5, 5.41) is 0. The summed E-state index contributed by atoms with van der Waals surface area (Å²) >= 11 is 0. The first-order chi connectivity index (χ1) is 12.7. The van der Waals surface area contributed by atoms with E-state index in [0.717, 1.165) is 30.8 Å². The molecule has 1 aromatic carbocycles. The molecule has 0 saturated heterocycles. The van der Waals surface area contributed by atoms with Crippen LogP contribution in [0.5, 0.6) is 0 Å². The normalized spacial score (nSPS) is 16.9. The fourth-order valence-corrected chi connectivity index (χ4v) is 3.84. The maximum Gasteiger partial charge on any atom is 0.367 e. The Morgan fingerprint density at radius 1 is 1.26 bits per heavy atom. The van der Waals surface area contributed by atoms with Crippen LogP contribution in [0.4, 0.5) is 10.1 Å². The van der Waals surface area contributed by atoms with Gasteiger partial charge in [0.15, 0.2) is 0 Å². The van der Waals surface area contributed by atoms with Crippen molar-refractivity contribution in [3.63, 3.8) is 0 Å². The number of carbonyl (C=O) groups excluding carboxylic acids is 1. The quantitative estimate of drug-likeness (QED) is 0.453. The summed E-state index contributed by atoms with van der Waals surface area (Å²) < 4.78 is 20.0. The van der Waals surface area contributed by atoms with Crippen LogP contribution >= 0.6 is 0 Å². The number of hydrogen-bond donors (Lipinski definition) is 0. The van der Waals surface area contributed by atoms with Crippen LogP contribution in [0.3, 0.4) is 0 Å². The predicted octanol–water partition coefficient (Wildman–Crippen LogP) is 5.97. The first kappa shape index (κ1) is 21.5. The fraction of sp³-hybridized carbons (Fsp3) is 0.609. The van der Waals surface area contributed by atoms with Crippen LogP contribution in [0.25, 0.3) is 5.57 Å². The maximum atomic E-state index is 15.0. The van der Waals surface area contributed by atoms with Gasteiger partial charge in [0.2, 0.25) is 5.83 Å². The van der Waals surface area contributed by atoms with E-state index in [2.05, 4.69) is 51.7 Å². The lowest BCUT2D eigenvalue weighted by Gasteiger charge is -2.42. The number of carbonyl (C=O) groups is 1. The van der Waals surface area contributed by atoms with Gasteiger partial charge in [0, 0.05) is 29.9 Å². The van der Waals surface area contributed by atoms with Gasteiger partial charge in [-0.15, -0.1) is 0 Å². The Bertz CT molecular complexity index is 734. The van der Waals surface area contributed by atoms with E-state index in [1.54, 1.807) is 6.92 Å². The van der Waals surface area contributed by atoms with Crippen molar-refractivity contribution in [1.82, 2.24) is 0 Å². The van der Waals surface area contributed by atoms with Crippen LogP contribution < -0.4 is 4.90 Å². The molecule has 2 rings (SSSR count). The Labute approximate surface area is 163 Å². The van der Waals surface area contributed by atoms with Crippen molar-refractivity contribution in [2.45, 2.75) is 72.6 Å². The zero-order chi connectivity index (χ0) is 20.4. The van der Waals surface area contributed by atoms with Crippen molar-refractivity contribution in [3.8, 4) is 0 Å². The first-order valence-corrected chi connectivity index (χ1v) is 10.2. The number of anilines is 1. The standard InChI is InChI=1S/C23H34FNO2/c1-8-17(20(24)22(26)27-10-3)18-13-16(15(4)5)14-19-21(18)25(9-2)12-11-23(19,6)7/h13-15H,8-12H2,1-7H3/b20-17+. The SMILES string of the molecule is CCOC(=O)/C(F)=C(/CC)c1cc(C(C)C)cc2c1N(CC)CCC2(C)C. The van der Waals surface area contributed by atoms with Crippen LogP contribution in [-0.2, 0) is 14.9 Å². The number of nitrogens with zero attached hydrogens (tertiary/aromatic N) is 1. The van der Waals surface area contributed by atoms with Gasteiger partial charge in [0.05, 0.1) is 6.61 Å². The third-order valence-corrected chi connectivity index (χ3v) is 5.63. The molecule has 0 unspecified atom stereocenters. The molecule has 1 aliphatic heterocycles. The van der Waals surface area contributed by atoms with E-state index in [9.17, 15) is 4.79 Å². The summed E-state index contributed by atoms with van der Waals surface area (Å²) in [6.45, 7) is 16.5. The second-order valence-electron chi connectivity index (χ2n) is 8.20. The molecule has 3 nitrogen and oxygen atoms in total. The molecule has 1 aliphatic rings. The molecule has 1 heterocycles. The van der Waals surface area contributed by atoms with Gasteiger partial charge < -0.3 is 9.64 Å². The van der Waals surface area contributed by atoms with E-state index in [1.807, 2.05) is 6.92 Å². The van der Waals surface area contributed by atoms with Gasteiger partial charge in [-0.1, -0.05) is 40.7 Å². The second kappa shape index (κ2) is 8.45. The lowest BCUT2D eigenvalue weighted by Crippen LogP contribution is -2.38. The van der Waals surface area contributed by atoms with Gasteiger partial charge in [0.25, 0.3) is 0 Å². The third-order valence-electron chi connectivity index (χ3n) is 5.63. The van der Waals surface area contributed by atoms with Gasteiger partial charge in [-0.3, -0.25) is 0 Å². The Morgan fingerprint density at radius 2 is 1.93 bits per heavy atom. The van der Waals surface area contributed by atoms with Crippen molar-refractivity contribution in [1.29, 1.82) is 0 Å². The highest BCUT2D eigenvalue weighted by atomic mass is 19.1. The second-order valence-corrected chi connectivity index (χ2v) is 8.20. The van der Waals surface area contributed by atoms with Gasteiger partial charge >= 0.3 is 5.97 Å². The van der Waals surface area contributed by atoms with Gasteiger partial charge in [-0.2, -0.15) is 4.39 Å². The summed E-state index contributed by atoms with van der Waals surface area (Å²) in [5.41, 5.74) is 4.81. The molecule has 4 heteroatoms. The largest absolute Gasteiger partial charge is 0.461 e. The summed E-state index contributed by atoms with van der Waals surface area (Å²) in [6, 6.07) is 4.35. The van der Waals surface area contributed by atoms with Crippen LogP contribution in [0.1, 0.15) is 83.9 Å². The zero-order valence-electron chi connectivity index (χ0n) is 17.9. The predicted molar refractivity (Wildman–Crippen MR) is 111 cm³/mol. The summed E-state index contributed by atoms with van der Waals surface area (Å²) in [7, 11) is 0. The minimum absolute atomic E-state index is 0.0138. The zero-order valence-corrected chi connectivity index (χ0v) is 17.9. The minimum Gasteiger partial charge on any atom is -0.461 e. The van der Waals surface area contributed by atoms with E-state index >= 15 is 4.39 Å². The molecule has 0 atom stereocenters. The van der Waals surface area contributed by atoms with Crippen molar-refractivity contribution in [3.05, 3.63) is 34.6 Å². The molecular formula is C23H34FNO2. The maximum absolute atomic E-state index is 15.0. The van der Waals surface area contributed by atoms with E-state index < -0.39 is 11.8 Å². The van der Waals surface area contributed by atoms with Crippen LogP contribution in [0, 0.1) is 0 Å². The average molecular weight is 376 g/mol. The fourth-order valence-electron chi connectivity index (χ4n) is 3.84. The smallest absolute Gasteiger partial charge is 0.367 e. The number of rotatable bonds is 6. The molecule has 0 saturated carbocycles. The monoisotopic (exact) mass is 375 g/mol. The first-order valence-electron chi connectivity index (χ1n) is 10.2. The van der Waals surface area contributed by atoms with Gasteiger partial charge in [0.1, 0.15) is 0 Å². The van der Waals surface area contributed by atoms with Crippen LogP contribution in [-0.4, -0.2) is 25.7 Å². The number of ether oxygens (including phenoxy) is 1. The molecule has 1 aromatic rings. The minimum atomic E-state index is -0.865. The van der Waals surface area contributed by atoms with Crippen molar-refractivity contribution >= 4 is 17.2 Å². The van der Waals surface area contributed by atoms with Crippen molar-refractivity contribution in [2.24, 2.45) is 0 Å². The summed E-state index contributed by atoms with van der Waals surface area (Å²) in [4.78, 5) is 14.4. The molecule has 0 aliphatic carbocycles. The Morgan fingerprint density at radius 3 is 2.44 bits per heavy atom. The van der Waals surface area contributed by atoms with Crippen molar-refractivity contribution < 1.29 is 13.9 Å². The molecule has 0 amide bonds. The Kier molecular flexibility index (Phi) is 6.72. The molecular weight excluding hydrogens is 341 g/mol. The number of halogens is 1. The summed E-state index contributed by atoms with van der Waals surface area (Å²) in [5.74, 6) is -1.30. The number of benzene rings is 1. The van der Waals surface area contributed by atoms with Gasteiger partial charge in [-0.25, -0.2) is 4.79 Å². The summed E-state index contributed by atoms with van der Waals surface area (Å²) in [6.07, 6.45) is 1.50. The van der Waals surface area contributed by atoms with Crippen LogP contribution in [0.2, 0.25) is 0 Å². The molecule has 27 heavy (non-hydrogen) atoms. The lowest BCUT2D eigenvalue weighted by atomic mass is 9.74. The van der Waals surface area contributed by atoms with Gasteiger partial charge in [-0.05, 0) is 55.2 Å². The Balaban J connectivity index is 2.83. The van der Waals surface area contributed by atoms with E-state index in [1.165, 1.54) is 11.1 Å². The highest BCUT2D eigenvalue weighted by molar-refractivity contribution is 5.97. The van der Waals surface area contributed by atoms with E-state index in [4.69, 9.17) is 4.74 Å². The average Bonchev–Trinajstić information content (AvgIpc) is 2.62. The third kappa shape index (κ3) is 4.20. The molecule has 0 fully saturated rings. The number of allylic oxidation sites excluding steroid dienone is 1. The van der Waals surface area contributed by atoms with E-state index in [0.29, 0.717) is 17.9 Å². The topological polar surface area (TPSA) is 29.5 Å². The molecule has 0 aromatic heterocycles. The molecule has 150 valence electrons. The lowest BCUT2D eigenvalue weighted by molar-refractivity contribution is -0.140.